The number of amides is 1. The number of ether oxygens (including phenoxy) is 2. The van der Waals surface area contributed by atoms with Gasteiger partial charge >= 0.3 is 0 Å². The van der Waals surface area contributed by atoms with Gasteiger partial charge in [-0.15, -0.1) is 0 Å². The molecular formula is C31H28FN7O3. The van der Waals surface area contributed by atoms with Gasteiger partial charge in [-0.2, -0.15) is 5.10 Å². The molecule has 212 valence electrons. The van der Waals surface area contributed by atoms with Crippen molar-refractivity contribution in [1.82, 2.24) is 19.7 Å². The van der Waals surface area contributed by atoms with Crippen LogP contribution in [0.25, 0.3) is 16.9 Å². The highest BCUT2D eigenvalue weighted by Crippen LogP contribution is 2.32. The topological polar surface area (TPSA) is 106 Å². The van der Waals surface area contributed by atoms with E-state index in [0.29, 0.717) is 47.2 Å². The summed E-state index contributed by atoms with van der Waals surface area (Å²) in [5.41, 5.74) is 4.18. The Bertz CT molecular complexity index is 1700. The molecule has 0 saturated carbocycles. The van der Waals surface area contributed by atoms with Crippen molar-refractivity contribution in [2.24, 2.45) is 0 Å². The molecule has 0 radical (unpaired) electrons. The Balaban J connectivity index is 1.16. The van der Waals surface area contributed by atoms with E-state index in [4.69, 9.17) is 9.47 Å². The summed E-state index contributed by atoms with van der Waals surface area (Å²) in [5, 5.41) is 10.4. The molecule has 1 saturated heterocycles. The molecule has 3 heterocycles. The number of nitrogens with one attached hydrogen (secondary N) is 2. The monoisotopic (exact) mass is 565 g/mol. The van der Waals surface area contributed by atoms with E-state index in [0.717, 1.165) is 25.0 Å². The Morgan fingerprint density at radius 2 is 1.81 bits per heavy atom. The van der Waals surface area contributed by atoms with Crippen LogP contribution in [0.5, 0.6) is 5.75 Å². The zero-order valence-electron chi connectivity index (χ0n) is 22.8. The first-order valence-corrected chi connectivity index (χ1v) is 13.4. The maximum Gasteiger partial charge on any atom is 0.255 e. The lowest BCUT2D eigenvalue weighted by molar-refractivity contribution is 0.102. The standard InChI is InChI=1S/C31H28FN7O3/c1-41-28-17-23(10-11-27(28)38-12-14-42-15-13-38)35-30(40)22-8-5-9-25(16-22)39-20-24(18-34-39)36-31-33-19-26(32)29(37-31)21-6-3-2-4-7-21/h2-11,16-20H,12-15H2,1H3,(H,35,40)(H,33,36,37). The molecule has 1 aliphatic rings. The Labute approximate surface area is 241 Å². The fourth-order valence-corrected chi connectivity index (χ4v) is 4.70. The smallest absolute Gasteiger partial charge is 0.255 e. The second kappa shape index (κ2) is 12.1. The number of carbonyl (C=O) groups is 1. The Morgan fingerprint density at radius 1 is 0.976 bits per heavy atom. The van der Waals surface area contributed by atoms with Crippen LogP contribution in [0, 0.1) is 5.82 Å². The number of methoxy groups -OCH3 is 1. The minimum atomic E-state index is -0.510. The van der Waals surface area contributed by atoms with Gasteiger partial charge in [-0.1, -0.05) is 36.4 Å². The third-order valence-corrected chi connectivity index (χ3v) is 6.79. The summed E-state index contributed by atoms with van der Waals surface area (Å²) in [6, 6.07) is 21.8. The van der Waals surface area contributed by atoms with Gasteiger partial charge in [-0.05, 0) is 30.3 Å². The predicted octanol–water partition coefficient (Wildman–Crippen LogP) is 5.31. The quantitative estimate of drug-likeness (QED) is 0.261. The lowest BCUT2D eigenvalue weighted by Crippen LogP contribution is -2.36. The number of morpholine rings is 1. The summed E-state index contributed by atoms with van der Waals surface area (Å²) in [4.78, 5) is 23.7. The molecule has 0 aliphatic carbocycles. The molecule has 0 atom stereocenters. The first kappa shape index (κ1) is 26.9. The zero-order chi connectivity index (χ0) is 28.9. The van der Waals surface area contributed by atoms with E-state index in [1.54, 1.807) is 54.5 Å². The third kappa shape index (κ3) is 5.91. The van der Waals surface area contributed by atoms with Crippen molar-refractivity contribution in [3.8, 4) is 22.7 Å². The number of benzene rings is 3. The number of aromatic nitrogens is 4. The molecule has 10 nitrogen and oxygen atoms in total. The molecule has 0 spiro atoms. The van der Waals surface area contributed by atoms with Crippen LogP contribution in [0.3, 0.4) is 0 Å². The van der Waals surface area contributed by atoms with Crippen molar-refractivity contribution in [3.05, 3.63) is 103 Å². The van der Waals surface area contributed by atoms with E-state index in [1.807, 2.05) is 42.5 Å². The molecule has 0 unspecified atom stereocenters. The van der Waals surface area contributed by atoms with Gasteiger partial charge in [-0.25, -0.2) is 19.0 Å². The van der Waals surface area contributed by atoms with Gasteiger partial charge in [0, 0.05) is 36.0 Å². The van der Waals surface area contributed by atoms with Crippen LogP contribution in [0.4, 0.5) is 27.4 Å². The number of rotatable bonds is 8. The fourth-order valence-electron chi connectivity index (χ4n) is 4.70. The first-order chi connectivity index (χ1) is 20.6. The van der Waals surface area contributed by atoms with E-state index >= 15 is 0 Å². The molecular weight excluding hydrogens is 537 g/mol. The van der Waals surface area contributed by atoms with E-state index in [2.05, 4.69) is 30.6 Å². The molecule has 3 aromatic carbocycles. The lowest BCUT2D eigenvalue weighted by atomic mass is 10.1. The molecule has 1 amide bonds. The molecule has 0 bridgehead atoms. The van der Waals surface area contributed by atoms with Crippen LogP contribution in [-0.4, -0.2) is 59.1 Å². The van der Waals surface area contributed by atoms with Crippen molar-refractivity contribution < 1.29 is 18.7 Å². The second-order valence-corrected chi connectivity index (χ2v) is 9.55. The summed E-state index contributed by atoms with van der Waals surface area (Å²) in [5.74, 6) is 0.139. The summed E-state index contributed by atoms with van der Waals surface area (Å²) in [6.07, 6.45) is 4.47. The zero-order valence-corrected chi connectivity index (χ0v) is 22.8. The number of hydrogen-bond donors (Lipinski definition) is 2. The molecule has 1 aliphatic heterocycles. The highest BCUT2D eigenvalue weighted by molar-refractivity contribution is 6.04. The Kier molecular flexibility index (Phi) is 7.73. The van der Waals surface area contributed by atoms with Crippen molar-refractivity contribution in [1.29, 1.82) is 0 Å². The summed E-state index contributed by atoms with van der Waals surface area (Å²) < 4.78 is 27.1. The maximum atomic E-state index is 14.4. The average Bonchev–Trinajstić information content (AvgIpc) is 3.51. The van der Waals surface area contributed by atoms with E-state index < -0.39 is 5.82 Å². The number of nitrogens with zero attached hydrogens (tertiary/aromatic N) is 5. The van der Waals surface area contributed by atoms with Crippen LogP contribution in [0.15, 0.2) is 91.4 Å². The number of carbonyl (C=O) groups excluding carboxylic acids is 1. The van der Waals surface area contributed by atoms with Crippen molar-refractivity contribution in [2.45, 2.75) is 0 Å². The summed E-state index contributed by atoms with van der Waals surface area (Å²) >= 11 is 0. The highest BCUT2D eigenvalue weighted by Gasteiger charge is 2.17. The molecule has 11 heteroatoms. The van der Waals surface area contributed by atoms with Gasteiger partial charge < -0.3 is 25.0 Å². The molecule has 6 rings (SSSR count). The van der Waals surface area contributed by atoms with Crippen LogP contribution < -0.4 is 20.3 Å². The SMILES string of the molecule is COc1cc(NC(=O)c2cccc(-n3cc(Nc4ncc(F)c(-c5ccccc5)n4)cn3)c2)ccc1N1CCOCC1. The van der Waals surface area contributed by atoms with Crippen LogP contribution in [0.1, 0.15) is 10.4 Å². The predicted molar refractivity (Wildman–Crippen MR) is 158 cm³/mol. The van der Waals surface area contributed by atoms with Gasteiger partial charge in [0.25, 0.3) is 5.91 Å². The van der Waals surface area contributed by atoms with Crippen LogP contribution in [-0.2, 0) is 4.74 Å². The summed E-state index contributed by atoms with van der Waals surface area (Å²) in [7, 11) is 1.62. The highest BCUT2D eigenvalue weighted by atomic mass is 19.1. The number of halogens is 1. The largest absolute Gasteiger partial charge is 0.495 e. The van der Waals surface area contributed by atoms with Gasteiger partial charge in [0.2, 0.25) is 5.95 Å². The van der Waals surface area contributed by atoms with Crippen LogP contribution >= 0.6 is 0 Å². The van der Waals surface area contributed by atoms with Crippen molar-refractivity contribution in [3.63, 3.8) is 0 Å². The minimum absolute atomic E-state index is 0.201. The van der Waals surface area contributed by atoms with Crippen LogP contribution in [0.2, 0.25) is 0 Å². The number of hydrogen-bond acceptors (Lipinski definition) is 8. The molecule has 1 fully saturated rings. The molecule has 42 heavy (non-hydrogen) atoms. The Morgan fingerprint density at radius 3 is 2.62 bits per heavy atom. The average molecular weight is 566 g/mol. The van der Waals surface area contributed by atoms with Gasteiger partial charge in [0.05, 0.1) is 56.0 Å². The van der Waals surface area contributed by atoms with Gasteiger partial charge in [0.1, 0.15) is 11.4 Å². The molecule has 5 aromatic rings. The fraction of sp³-hybridized carbons (Fsp3) is 0.161. The first-order valence-electron chi connectivity index (χ1n) is 13.4. The minimum Gasteiger partial charge on any atom is -0.495 e. The maximum absolute atomic E-state index is 14.4. The van der Waals surface area contributed by atoms with E-state index in [1.165, 1.54) is 0 Å². The Hall–Kier alpha value is -5.29. The molecule has 2 aromatic heterocycles. The molecule has 2 N–H and O–H groups in total. The van der Waals surface area contributed by atoms with Crippen molar-refractivity contribution >= 4 is 28.9 Å². The van der Waals surface area contributed by atoms with Gasteiger partial charge in [-0.3, -0.25) is 4.79 Å². The van der Waals surface area contributed by atoms with Gasteiger partial charge in [0.15, 0.2) is 5.82 Å². The third-order valence-electron chi connectivity index (χ3n) is 6.79. The lowest BCUT2D eigenvalue weighted by Gasteiger charge is -2.30. The van der Waals surface area contributed by atoms with E-state index in [9.17, 15) is 9.18 Å². The van der Waals surface area contributed by atoms with E-state index in [-0.39, 0.29) is 17.5 Å². The summed E-state index contributed by atoms with van der Waals surface area (Å²) in [6.45, 7) is 2.90. The van der Waals surface area contributed by atoms with Crippen molar-refractivity contribution in [2.75, 3.05) is 48.9 Å². The normalized spacial score (nSPS) is 13.0. The number of anilines is 4. The second-order valence-electron chi connectivity index (χ2n) is 9.55.